The second-order valence-corrected chi connectivity index (χ2v) is 3.71. The van der Waals surface area contributed by atoms with Crippen molar-refractivity contribution in [1.82, 2.24) is 0 Å². The monoisotopic (exact) mass is 224 g/mol. The lowest BCUT2D eigenvalue weighted by molar-refractivity contribution is -0.117. The SMILES string of the molecule is C=C(CC)CC(=O)Cc1cccc(F)c1F. The first kappa shape index (κ1) is 12.6. The number of rotatable bonds is 5. The highest BCUT2D eigenvalue weighted by molar-refractivity contribution is 5.83. The Bertz CT molecular complexity index is 410. The molecule has 0 radical (unpaired) electrons. The number of ketones is 1. The summed E-state index contributed by atoms with van der Waals surface area (Å²) in [6.45, 7) is 5.61. The van der Waals surface area contributed by atoms with Crippen LogP contribution in [0, 0.1) is 11.6 Å². The van der Waals surface area contributed by atoms with Crippen LogP contribution in [0.2, 0.25) is 0 Å². The fourth-order valence-corrected chi connectivity index (χ4v) is 1.36. The molecule has 0 unspecified atom stereocenters. The standard InChI is InChI=1S/C13H14F2O/c1-3-9(2)7-11(16)8-10-5-4-6-12(14)13(10)15/h4-6H,2-3,7-8H2,1H3. The molecule has 1 aromatic carbocycles. The molecule has 0 aromatic heterocycles. The second-order valence-electron chi connectivity index (χ2n) is 3.71. The van der Waals surface area contributed by atoms with Crippen LogP contribution < -0.4 is 0 Å². The molecule has 3 heteroatoms. The van der Waals surface area contributed by atoms with E-state index in [-0.39, 0.29) is 24.2 Å². The zero-order valence-corrected chi connectivity index (χ0v) is 9.22. The zero-order valence-electron chi connectivity index (χ0n) is 9.22. The van der Waals surface area contributed by atoms with E-state index in [0.29, 0.717) is 0 Å². The summed E-state index contributed by atoms with van der Waals surface area (Å²) in [5.74, 6) is -1.99. The molecular weight excluding hydrogens is 210 g/mol. The normalized spacial score (nSPS) is 10.2. The van der Waals surface area contributed by atoms with Crippen molar-refractivity contribution in [2.24, 2.45) is 0 Å². The van der Waals surface area contributed by atoms with Gasteiger partial charge < -0.3 is 0 Å². The van der Waals surface area contributed by atoms with E-state index in [1.54, 1.807) is 0 Å². The van der Waals surface area contributed by atoms with Crippen LogP contribution in [-0.2, 0) is 11.2 Å². The fraction of sp³-hybridized carbons (Fsp3) is 0.308. The summed E-state index contributed by atoms with van der Waals surface area (Å²) in [7, 11) is 0. The van der Waals surface area contributed by atoms with Gasteiger partial charge in [-0.05, 0) is 18.1 Å². The van der Waals surface area contributed by atoms with Crippen molar-refractivity contribution in [3.8, 4) is 0 Å². The molecule has 0 saturated carbocycles. The van der Waals surface area contributed by atoms with Crippen molar-refractivity contribution >= 4 is 5.78 Å². The number of halogens is 2. The summed E-state index contributed by atoms with van der Waals surface area (Å²) < 4.78 is 26.1. The van der Waals surface area contributed by atoms with E-state index in [4.69, 9.17) is 0 Å². The Hall–Kier alpha value is -1.51. The van der Waals surface area contributed by atoms with Gasteiger partial charge in [0.15, 0.2) is 11.6 Å². The molecule has 0 heterocycles. The Morgan fingerprint density at radius 3 is 2.69 bits per heavy atom. The number of carbonyl (C=O) groups excluding carboxylic acids is 1. The average molecular weight is 224 g/mol. The molecule has 0 fully saturated rings. The van der Waals surface area contributed by atoms with Crippen LogP contribution in [0.1, 0.15) is 25.3 Å². The molecule has 1 nitrogen and oxygen atoms in total. The van der Waals surface area contributed by atoms with E-state index in [1.807, 2.05) is 6.92 Å². The number of benzene rings is 1. The summed E-state index contributed by atoms with van der Waals surface area (Å²) in [4.78, 5) is 11.5. The van der Waals surface area contributed by atoms with E-state index in [2.05, 4.69) is 6.58 Å². The minimum absolute atomic E-state index is 0.0807. The van der Waals surface area contributed by atoms with Gasteiger partial charge in [0.1, 0.15) is 5.78 Å². The molecule has 0 N–H and O–H groups in total. The molecule has 0 atom stereocenters. The van der Waals surface area contributed by atoms with Crippen molar-refractivity contribution in [2.75, 3.05) is 0 Å². The number of hydrogen-bond acceptors (Lipinski definition) is 1. The number of allylic oxidation sites excluding steroid dienone is 1. The quantitative estimate of drug-likeness (QED) is 0.700. The molecule has 0 saturated heterocycles. The van der Waals surface area contributed by atoms with E-state index in [0.717, 1.165) is 18.1 Å². The van der Waals surface area contributed by atoms with Crippen molar-refractivity contribution in [2.45, 2.75) is 26.2 Å². The number of hydrogen-bond donors (Lipinski definition) is 0. The lowest BCUT2D eigenvalue weighted by Crippen LogP contribution is -2.06. The first-order valence-electron chi connectivity index (χ1n) is 5.15. The summed E-state index contributed by atoms with van der Waals surface area (Å²) in [5.41, 5.74) is 0.913. The van der Waals surface area contributed by atoms with Gasteiger partial charge in [-0.25, -0.2) is 8.78 Å². The summed E-state index contributed by atoms with van der Waals surface area (Å²) in [6.07, 6.45) is 0.867. The molecule has 0 spiro atoms. The highest BCUT2D eigenvalue weighted by atomic mass is 19.2. The lowest BCUT2D eigenvalue weighted by Gasteiger charge is -2.04. The average Bonchev–Trinajstić information content (AvgIpc) is 2.24. The molecule has 0 aliphatic heterocycles. The maximum atomic E-state index is 13.2. The molecule has 1 aromatic rings. The first-order valence-corrected chi connectivity index (χ1v) is 5.15. The number of Topliss-reactive ketones (excluding diaryl/α,β-unsaturated/α-hetero) is 1. The maximum absolute atomic E-state index is 13.2. The van der Waals surface area contributed by atoms with Gasteiger partial charge in [-0.2, -0.15) is 0 Å². The van der Waals surface area contributed by atoms with Crippen molar-refractivity contribution in [3.05, 3.63) is 47.5 Å². The van der Waals surface area contributed by atoms with Gasteiger partial charge in [0.2, 0.25) is 0 Å². The van der Waals surface area contributed by atoms with Crippen molar-refractivity contribution in [1.29, 1.82) is 0 Å². The van der Waals surface area contributed by atoms with Gasteiger partial charge in [-0.1, -0.05) is 31.2 Å². The third-order valence-corrected chi connectivity index (χ3v) is 2.37. The molecule has 0 aliphatic carbocycles. The Kier molecular flexibility index (Phi) is 4.35. The van der Waals surface area contributed by atoms with Gasteiger partial charge in [-0.3, -0.25) is 4.79 Å². The number of carbonyl (C=O) groups is 1. The van der Waals surface area contributed by atoms with Gasteiger partial charge in [0, 0.05) is 12.8 Å². The summed E-state index contributed by atoms with van der Waals surface area (Å²) >= 11 is 0. The Balaban J connectivity index is 2.70. The van der Waals surface area contributed by atoms with Crippen molar-refractivity contribution < 1.29 is 13.6 Å². The third-order valence-electron chi connectivity index (χ3n) is 2.37. The zero-order chi connectivity index (χ0) is 12.1. The van der Waals surface area contributed by atoms with Gasteiger partial charge in [0.05, 0.1) is 0 Å². The predicted octanol–water partition coefficient (Wildman–Crippen LogP) is 3.43. The van der Waals surface area contributed by atoms with Gasteiger partial charge in [0.25, 0.3) is 0 Å². The first-order chi connectivity index (χ1) is 7.54. The largest absolute Gasteiger partial charge is 0.299 e. The molecule has 0 aliphatic rings. The van der Waals surface area contributed by atoms with Crippen LogP contribution in [0.15, 0.2) is 30.4 Å². The summed E-state index contributed by atoms with van der Waals surface area (Å²) in [6, 6.07) is 3.86. The Morgan fingerprint density at radius 1 is 1.38 bits per heavy atom. The van der Waals surface area contributed by atoms with Crippen LogP contribution in [0.4, 0.5) is 8.78 Å². The molecule has 16 heavy (non-hydrogen) atoms. The van der Waals surface area contributed by atoms with Gasteiger partial charge >= 0.3 is 0 Å². The Labute approximate surface area is 93.8 Å². The topological polar surface area (TPSA) is 17.1 Å². The minimum atomic E-state index is -0.932. The van der Waals surface area contributed by atoms with E-state index in [1.165, 1.54) is 12.1 Å². The Morgan fingerprint density at radius 2 is 2.06 bits per heavy atom. The van der Waals surface area contributed by atoms with Crippen LogP contribution in [-0.4, -0.2) is 5.78 Å². The van der Waals surface area contributed by atoms with Crippen molar-refractivity contribution in [3.63, 3.8) is 0 Å². The third kappa shape index (κ3) is 3.26. The van der Waals surface area contributed by atoms with Crippen LogP contribution in [0.3, 0.4) is 0 Å². The maximum Gasteiger partial charge on any atom is 0.162 e. The van der Waals surface area contributed by atoms with Gasteiger partial charge in [-0.15, -0.1) is 0 Å². The van der Waals surface area contributed by atoms with Crippen LogP contribution in [0.5, 0.6) is 0 Å². The molecule has 0 amide bonds. The highest BCUT2D eigenvalue weighted by Gasteiger charge is 2.11. The molecule has 0 bridgehead atoms. The predicted molar refractivity (Wildman–Crippen MR) is 59.1 cm³/mol. The smallest absolute Gasteiger partial charge is 0.162 e. The van der Waals surface area contributed by atoms with E-state index < -0.39 is 11.6 Å². The summed E-state index contributed by atoms with van der Waals surface area (Å²) in [5, 5.41) is 0. The molecule has 1 rings (SSSR count). The second kappa shape index (κ2) is 5.54. The van der Waals surface area contributed by atoms with E-state index in [9.17, 15) is 13.6 Å². The molecular formula is C13H14F2O. The van der Waals surface area contributed by atoms with Crippen LogP contribution >= 0.6 is 0 Å². The lowest BCUT2D eigenvalue weighted by atomic mass is 10.0. The highest BCUT2D eigenvalue weighted by Crippen LogP contribution is 2.14. The minimum Gasteiger partial charge on any atom is -0.299 e. The fourth-order valence-electron chi connectivity index (χ4n) is 1.36. The van der Waals surface area contributed by atoms with Crippen LogP contribution in [0.25, 0.3) is 0 Å². The van der Waals surface area contributed by atoms with E-state index >= 15 is 0 Å². The molecule has 86 valence electrons.